The van der Waals surface area contributed by atoms with Crippen LogP contribution in [0.3, 0.4) is 0 Å². The van der Waals surface area contributed by atoms with E-state index in [1.54, 1.807) is 0 Å². The second-order valence-corrected chi connectivity index (χ2v) is 8.76. The molecule has 0 unspecified atom stereocenters. The molecule has 1 aromatic heterocycles. The first-order chi connectivity index (χ1) is 15.1. The van der Waals surface area contributed by atoms with Crippen molar-refractivity contribution in [3.8, 4) is 0 Å². The minimum absolute atomic E-state index is 0.810. The highest BCUT2D eigenvalue weighted by Crippen LogP contribution is 2.32. The average Bonchev–Trinajstić information content (AvgIpc) is 3.14. The van der Waals surface area contributed by atoms with Crippen molar-refractivity contribution < 1.29 is 0 Å². The van der Waals surface area contributed by atoms with Crippen molar-refractivity contribution in [2.45, 2.75) is 19.9 Å². The first-order valence-corrected chi connectivity index (χ1v) is 11.1. The lowest BCUT2D eigenvalue weighted by atomic mass is 9.96. The Labute approximate surface area is 184 Å². The topological polar surface area (TPSA) is 24.3 Å². The molecule has 158 valence electrons. The van der Waals surface area contributed by atoms with Gasteiger partial charge in [-0.05, 0) is 61.4 Å². The molecular formula is C27H30N4. The standard InChI is InChI=1S/C27H30N4/c1-20-9-10-23(17-21(20)2)27-28-25-12-11-24(30-15-13-29(3)14-16-30)18-26(25)31(27)19-22-7-5-4-6-8-22/h4-8,10-12,17-18H,1,9,13-16,19H2,2-3H3. The van der Waals surface area contributed by atoms with Crippen LogP contribution in [0.25, 0.3) is 16.6 Å². The van der Waals surface area contributed by atoms with E-state index in [2.05, 4.69) is 95.6 Å². The molecule has 31 heavy (non-hydrogen) atoms. The SMILES string of the molecule is C=C1CC=C(c2nc3ccc(N4CCN(C)CC4)cc3n2Cc2ccccc2)C=C1C. The number of hydrogen-bond acceptors (Lipinski definition) is 3. The molecule has 1 saturated heterocycles. The maximum Gasteiger partial charge on any atom is 0.141 e. The second-order valence-electron chi connectivity index (χ2n) is 8.76. The predicted octanol–water partition coefficient (Wildman–Crippen LogP) is 5.13. The Balaban J connectivity index is 1.60. The molecule has 0 radical (unpaired) electrons. The van der Waals surface area contributed by atoms with Crippen LogP contribution in [0.1, 0.15) is 24.7 Å². The van der Waals surface area contributed by atoms with Crippen molar-refractivity contribution in [3.63, 3.8) is 0 Å². The second kappa shape index (κ2) is 8.20. The lowest BCUT2D eigenvalue weighted by Gasteiger charge is -2.34. The monoisotopic (exact) mass is 410 g/mol. The van der Waals surface area contributed by atoms with Crippen molar-refractivity contribution in [2.75, 3.05) is 38.1 Å². The van der Waals surface area contributed by atoms with Crippen LogP contribution in [0.2, 0.25) is 0 Å². The molecule has 0 atom stereocenters. The van der Waals surface area contributed by atoms with Gasteiger partial charge in [-0.1, -0.05) is 43.0 Å². The third-order valence-electron chi connectivity index (χ3n) is 6.54. The molecule has 1 aliphatic heterocycles. The minimum Gasteiger partial charge on any atom is -0.369 e. The van der Waals surface area contributed by atoms with Crippen LogP contribution in [0.4, 0.5) is 5.69 Å². The van der Waals surface area contributed by atoms with E-state index in [0.29, 0.717) is 0 Å². The van der Waals surface area contributed by atoms with Gasteiger partial charge in [0.25, 0.3) is 0 Å². The molecule has 4 nitrogen and oxygen atoms in total. The summed E-state index contributed by atoms with van der Waals surface area (Å²) in [7, 11) is 2.20. The van der Waals surface area contributed by atoms with Gasteiger partial charge < -0.3 is 14.4 Å². The Morgan fingerprint density at radius 3 is 2.52 bits per heavy atom. The summed E-state index contributed by atoms with van der Waals surface area (Å²) in [6, 6.07) is 17.4. The molecule has 0 N–H and O–H groups in total. The number of allylic oxidation sites excluding steroid dienone is 5. The molecule has 1 fully saturated rings. The summed E-state index contributed by atoms with van der Waals surface area (Å²) in [5, 5.41) is 0. The number of fused-ring (bicyclic) bond motifs is 1. The third kappa shape index (κ3) is 3.96. The van der Waals surface area contributed by atoms with E-state index in [1.807, 2.05) is 0 Å². The summed E-state index contributed by atoms with van der Waals surface area (Å²) in [5.41, 5.74) is 8.46. The molecule has 4 heteroatoms. The van der Waals surface area contributed by atoms with E-state index in [4.69, 9.17) is 4.98 Å². The summed E-state index contributed by atoms with van der Waals surface area (Å²) in [4.78, 5) is 9.97. The summed E-state index contributed by atoms with van der Waals surface area (Å²) >= 11 is 0. The van der Waals surface area contributed by atoms with Gasteiger partial charge in [-0.15, -0.1) is 0 Å². The number of piperazine rings is 1. The van der Waals surface area contributed by atoms with Gasteiger partial charge in [0.05, 0.1) is 11.0 Å². The highest BCUT2D eigenvalue weighted by Gasteiger charge is 2.19. The Morgan fingerprint density at radius 2 is 1.77 bits per heavy atom. The Kier molecular flexibility index (Phi) is 5.24. The third-order valence-corrected chi connectivity index (χ3v) is 6.54. The van der Waals surface area contributed by atoms with Crippen LogP contribution in [-0.4, -0.2) is 47.7 Å². The van der Waals surface area contributed by atoms with E-state index >= 15 is 0 Å². The van der Waals surface area contributed by atoms with Crippen molar-refractivity contribution >= 4 is 22.3 Å². The fraction of sp³-hybridized carbons (Fsp3) is 0.296. The highest BCUT2D eigenvalue weighted by molar-refractivity contribution is 5.86. The van der Waals surface area contributed by atoms with Crippen LogP contribution in [0, 0.1) is 0 Å². The van der Waals surface area contributed by atoms with E-state index in [0.717, 1.165) is 50.5 Å². The molecule has 0 amide bonds. The molecule has 0 spiro atoms. The fourth-order valence-corrected chi connectivity index (χ4v) is 4.46. The van der Waals surface area contributed by atoms with Gasteiger partial charge in [0.15, 0.2) is 0 Å². The predicted molar refractivity (Wildman–Crippen MR) is 130 cm³/mol. The minimum atomic E-state index is 0.810. The Bertz CT molecular complexity index is 1170. The van der Waals surface area contributed by atoms with E-state index in [1.165, 1.54) is 33.5 Å². The van der Waals surface area contributed by atoms with Crippen molar-refractivity contribution in [1.29, 1.82) is 0 Å². The van der Waals surface area contributed by atoms with Gasteiger partial charge in [0.2, 0.25) is 0 Å². The number of benzene rings is 2. The van der Waals surface area contributed by atoms with Crippen molar-refractivity contribution in [3.05, 3.63) is 89.8 Å². The van der Waals surface area contributed by atoms with Crippen LogP contribution in [0.15, 0.2) is 78.4 Å². The number of likely N-dealkylation sites (N-methyl/N-ethyl adjacent to an activating group) is 1. The number of aromatic nitrogens is 2. The first kappa shape index (κ1) is 19.8. The molecule has 0 saturated carbocycles. The van der Waals surface area contributed by atoms with Crippen molar-refractivity contribution in [1.82, 2.24) is 14.5 Å². The first-order valence-electron chi connectivity index (χ1n) is 11.1. The molecule has 3 aromatic rings. The number of imidazole rings is 1. The summed E-state index contributed by atoms with van der Waals surface area (Å²) < 4.78 is 2.38. The quantitative estimate of drug-likeness (QED) is 0.596. The average molecular weight is 411 g/mol. The number of hydrogen-bond donors (Lipinski definition) is 0. The van der Waals surface area contributed by atoms with Crippen molar-refractivity contribution in [2.24, 2.45) is 0 Å². The zero-order chi connectivity index (χ0) is 21.4. The molecule has 5 rings (SSSR count). The van der Waals surface area contributed by atoms with Gasteiger partial charge in [-0.2, -0.15) is 0 Å². The lowest BCUT2D eigenvalue weighted by molar-refractivity contribution is 0.313. The number of nitrogens with zero attached hydrogens (tertiary/aromatic N) is 4. The maximum absolute atomic E-state index is 5.08. The number of rotatable bonds is 4. The fourth-order valence-electron chi connectivity index (χ4n) is 4.46. The Hall–Kier alpha value is -3.11. The van der Waals surface area contributed by atoms with Gasteiger partial charge in [-0.25, -0.2) is 4.98 Å². The number of anilines is 1. The zero-order valence-corrected chi connectivity index (χ0v) is 18.5. The summed E-state index contributed by atoms with van der Waals surface area (Å²) in [5.74, 6) is 1.04. The van der Waals surface area contributed by atoms with Crippen LogP contribution < -0.4 is 4.90 Å². The van der Waals surface area contributed by atoms with E-state index in [-0.39, 0.29) is 0 Å². The highest BCUT2D eigenvalue weighted by atomic mass is 15.2. The smallest absolute Gasteiger partial charge is 0.141 e. The van der Waals surface area contributed by atoms with E-state index in [9.17, 15) is 0 Å². The van der Waals surface area contributed by atoms with E-state index < -0.39 is 0 Å². The van der Waals surface area contributed by atoms with Crippen LogP contribution in [0.5, 0.6) is 0 Å². The van der Waals surface area contributed by atoms with Gasteiger partial charge in [0, 0.05) is 44.0 Å². The van der Waals surface area contributed by atoms with Crippen LogP contribution in [-0.2, 0) is 6.54 Å². The molecule has 2 aromatic carbocycles. The van der Waals surface area contributed by atoms with Gasteiger partial charge in [0.1, 0.15) is 5.82 Å². The normalized spacial score (nSPS) is 17.7. The molecule has 2 heterocycles. The molecule has 1 aliphatic carbocycles. The van der Waals surface area contributed by atoms with Gasteiger partial charge in [-0.3, -0.25) is 0 Å². The molecule has 2 aliphatic rings. The Morgan fingerprint density at radius 1 is 1.00 bits per heavy atom. The maximum atomic E-state index is 5.08. The van der Waals surface area contributed by atoms with Gasteiger partial charge >= 0.3 is 0 Å². The zero-order valence-electron chi connectivity index (χ0n) is 18.5. The summed E-state index contributed by atoms with van der Waals surface area (Å²) in [6.07, 6.45) is 5.38. The lowest BCUT2D eigenvalue weighted by Crippen LogP contribution is -2.44. The largest absolute Gasteiger partial charge is 0.369 e. The molecule has 0 bridgehead atoms. The summed E-state index contributed by atoms with van der Waals surface area (Å²) in [6.45, 7) is 11.5. The van der Waals surface area contributed by atoms with Crippen LogP contribution >= 0.6 is 0 Å². The molecular weight excluding hydrogens is 380 g/mol.